The topological polar surface area (TPSA) is 54.4 Å². The van der Waals surface area contributed by atoms with Gasteiger partial charge in [0, 0.05) is 5.56 Å². The quantitative estimate of drug-likeness (QED) is 0.637. The van der Waals surface area contributed by atoms with Gasteiger partial charge in [0.05, 0.1) is 5.02 Å². The second kappa shape index (κ2) is 4.70. The standard InChI is InChI=1S/C10H6ClFO3/c11-7-3-1-2-6(9(7)12)4-5-8(13)10(14)15/h1-5H,(H,14,15)/b5-4+. The molecule has 1 N–H and O–H groups in total. The van der Waals surface area contributed by atoms with Crippen LogP contribution in [0.2, 0.25) is 5.02 Å². The SMILES string of the molecule is O=C(O)C(=O)/C=C/c1cccc(Cl)c1F. The van der Waals surface area contributed by atoms with Crippen LogP contribution < -0.4 is 0 Å². The van der Waals surface area contributed by atoms with Crippen molar-refractivity contribution in [2.45, 2.75) is 0 Å². The van der Waals surface area contributed by atoms with E-state index < -0.39 is 17.6 Å². The number of hydrogen-bond acceptors (Lipinski definition) is 2. The molecular weight excluding hydrogens is 223 g/mol. The number of carboxylic acids is 1. The number of carbonyl (C=O) groups is 2. The summed E-state index contributed by atoms with van der Waals surface area (Å²) in [5, 5.41) is 8.18. The summed E-state index contributed by atoms with van der Waals surface area (Å²) in [4.78, 5) is 20.8. The number of halogens is 2. The van der Waals surface area contributed by atoms with Gasteiger partial charge in [-0.1, -0.05) is 23.7 Å². The van der Waals surface area contributed by atoms with Crippen molar-refractivity contribution >= 4 is 29.4 Å². The molecule has 0 saturated carbocycles. The van der Waals surface area contributed by atoms with Gasteiger partial charge in [0.15, 0.2) is 0 Å². The molecule has 0 bridgehead atoms. The molecule has 5 heteroatoms. The minimum atomic E-state index is -1.59. The number of aliphatic carboxylic acids is 1. The van der Waals surface area contributed by atoms with Crippen LogP contribution in [0.15, 0.2) is 24.3 Å². The lowest BCUT2D eigenvalue weighted by molar-refractivity contribution is -0.146. The fourth-order valence-electron chi connectivity index (χ4n) is 0.886. The van der Waals surface area contributed by atoms with Crippen molar-refractivity contribution in [3.63, 3.8) is 0 Å². The van der Waals surface area contributed by atoms with Gasteiger partial charge in [-0.3, -0.25) is 4.79 Å². The van der Waals surface area contributed by atoms with Gasteiger partial charge in [0.2, 0.25) is 0 Å². The Morgan fingerprint density at radius 2 is 2.07 bits per heavy atom. The average molecular weight is 229 g/mol. The van der Waals surface area contributed by atoms with E-state index in [1.165, 1.54) is 18.2 Å². The first-order chi connectivity index (χ1) is 7.02. The first kappa shape index (κ1) is 11.4. The molecule has 0 aromatic heterocycles. The Kier molecular flexibility index (Phi) is 3.57. The van der Waals surface area contributed by atoms with Crippen molar-refractivity contribution < 1.29 is 19.1 Å². The molecule has 0 amide bonds. The van der Waals surface area contributed by atoms with Crippen LogP contribution in [0.1, 0.15) is 5.56 Å². The van der Waals surface area contributed by atoms with Crippen LogP contribution in [0.4, 0.5) is 4.39 Å². The number of ketones is 1. The molecule has 0 atom stereocenters. The normalized spacial score (nSPS) is 10.5. The van der Waals surface area contributed by atoms with Crippen molar-refractivity contribution in [3.8, 4) is 0 Å². The maximum atomic E-state index is 13.2. The molecular formula is C10H6ClFO3. The molecule has 0 radical (unpaired) electrons. The number of benzene rings is 1. The Labute approximate surface area is 89.8 Å². The van der Waals surface area contributed by atoms with E-state index >= 15 is 0 Å². The zero-order chi connectivity index (χ0) is 11.4. The first-order valence-electron chi connectivity index (χ1n) is 3.91. The highest BCUT2D eigenvalue weighted by molar-refractivity contribution is 6.38. The van der Waals surface area contributed by atoms with Crippen LogP contribution in [0.3, 0.4) is 0 Å². The molecule has 1 aromatic carbocycles. The predicted molar refractivity (Wildman–Crippen MR) is 53.1 cm³/mol. The zero-order valence-electron chi connectivity index (χ0n) is 7.41. The Bertz CT molecular complexity index is 440. The second-order valence-corrected chi connectivity index (χ2v) is 3.05. The van der Waals surface area contributed by atoms with Crippen LogP contribution in [-0.2, 0) is 9.59 Å². The summed E-state index contributed by atoms with van der Waals surface area (Å²) in [7, 11) is 0. The molecule has 1 rings (SSSR count). The van der Waals surface area contributed by atoms with Crippen molar-refractivity contribution in [1.29, 1.82) is 0 Å². The van der Waals surface area contributed by atoms with Crippen molar-refractivity contribution in [3.05, 3.63) is 40.7 Å². The molecule has 0 spiro atoms. The van der Waals surface area contributed by atoms with Gasteiger partial charge in [-0.2, -0.15) is 0 Å². The fraction of sp³-hybridized carbons (Fsp3) is 0. The van der Waals surface area contributed by atoms with E-state index in [-0.39, 0.29) is 10.6 Å². The summed E-state index contributed by atoms with van der Waals surface area (Å²) in [5.41, 5.74) is 0.0668. The maximum absolute atomic E-state index is 13.2. The summed E-state index contributed by atoms with van der Waals surface area (Å²) in [6.07, 6.45) is 1.84. The lowest BCUT2D eigenvalue weighted by atomic mass is 10.2. The van der Waals surface area contributed by atoms with E-state index in [1.54, 1.807) is 0 Å². The highest BCUT2D eigenvalue weighted by atomic mass is 35.5. The van der Waals surface area contributed by atoms with E-state index in [1.807, 2.05) is 0 Å². The van der Waals surface area contributed by atoms with Gasteiger partial charge in [-0.25, -0.2) is 9.18 Å². The van der Waals surface area contributed by atoms with E-state index in [0.29, 0.717) is 0 Å². The second-order valence-electron chi connectivity index (χ2n) is 2.65. The highest BCUT2D eigenvalue weighted by Gasteiger charge is 2.07. The average Bonchev–Trinajstić information content (AvgIpc) is 2.19. The molecule has 0 fully saturated rings. The van der Waals surface area contributed by atoms with Crippen molar-refractivity contribution in [2.75, 3.05) is 0 Å². The van der Waals surface area contributed by atoms with Gasteiger partial charge in [0.1, 0.15) is 5.82 Å². The molecule has 0 aliphatic heterocycles. The number of rotatable bonds is 3. The molecule has 78 valence electrons. The highest BCUT2D eigenvalue weighted by Crippen LogP contribution is 2.18. The third kappa shape index (κ3) is 2.89. The van der Waals surface area contributed by atoms with Crippen LogP contribution in [-0.4, -0.2) is 16.9 Å². The van der Waals surface area contributed by atoms with Crippen LogP contribution in [0, 0.1) is 5.82 Å². The smallest absolute Gasteiger partial charge is 0.376 e. The van der Waals surface area contributed by atoms with Gasteiger partial charge in [-0.15, -0.1) is 0 Å². The number of carbonyl (C=O) groups excluding carboxylic acids is 1. The summed E-state index contributed by atoms with van der Waals surface area (Å²) < 4.78 is 13.2. The minimum Gasteiger partial charge on any atom is -0.475 e. The largest absolute Gasteiger partial charge is 0.475 e. The van der Waals surface area contributed by atoms with E-state index in [9.17, 15) is 14.0 Å². The molecule has 0 unspecified atom stereocenters. The summed E-state index contributed by atoms with van der Waals surface area (Å²) in [6.45, 7) is 0. The van der Waals surface area contributed by atoms with Gasteiger partial charge < -0.3 is 5.11 Å². The lowest BCUT2D eigenvalue weighted by Gasteiger charge is -1.97. The van der Waals surface area contributed by atoms with Crippen LogP contribution in [0.25, 0.3) is 6.08 Å². The van der Waals surface area contributed by atoms with E-state index in [0.717, 1.165) is 12.2 Å². The Balaban J connectivity index is 2.95. The molecule has 0 heterocycles. The van der Waals surface area contributed by atoms with Gasteiger partial charge in [0.25, 0.3) is 5.78 Å². The monoisotopic (exact) mass is 228 g/mol. The fourth-order valence-corrected chi connectivity index (χ4v) is 1.07. The zero-order valence-corrected chi connectivity index (χ0v) is 8.16. The number of hydrogen-bond donors (Lipinski definition) is 1. The maximum Gasteiger partial charge on any atom is 0.376 e. The Morgan fingerprint density at radius 1 is 1.40 bits per heavy atom. The predicted octanol–water partition coefficient (Wildman–Crippen LogP) is 2.15. The number of carboxylic acid groups (broad SMARTS) is 1. The van der Waals surface area contributed by atoms with Crippen LogP contribution >= 0.6 is 11.6 Å². The molecule has 1 aromatic rings. The molecule has 0 aliphatic carbocycles. The molecule has 0 aliphatic rings. The summed E-state index contributed by atoms with van der Waals surface area (Å²) >= 11 is 5.48. The van der Waals surface area contributed by atoms with Gasteiger partial charge >= 0.3 is 5.97 Å². The molecule has 0 saturated heterocycles. The first-order valence-corrected chi connectivity index (χ1v) is 4.29. The Hall–Kier alpha value is -1.68. The van der Waals surface area contributed by atoms with Gasteiger partial charge in [-0.05, 0) is 18.2 Å². The van der Waals surface area contributed by atoms with Crippen molar-refractivity contribution in [2.24, 2.45) is 0 Å². The summed E-state index contributed by atoms with van der Waals surface area (Å²) in [5.74, 6) is -3.39. The molecule has 3 nitrogen and oxygen atoms in total. The molecule has 15 heavy (non-hydrogen) atoms. The third-order valence-electron chi connectivity index (χ3n) is 1.61. The van der Waals surface area contributed by atoms with Crippen LogP contribution in [0.5, 0.6) is 0 Å². The van der Waals surface area contributed by atoms with E-state index in [4.69, 9.17) is 16.7 Å². The van der Waals surface area contributed by atoms with Crippen molar-refractivity contribution in [1.82, 2.24) is 0 Å². The third-order valence-corrected chi connectivity index (χ3v) is 1.90. The summed E-state index contributed by atoms with van der Waals surface area (Å²) in [6, 6.07) is 4.23. The minimum absolute atomic E-state index is 0.0668. The van der Waals surface area contributed by atoms with E-state index in [2.05, 4.69) is 0 Å². The Morgan fingerprint density at radius 3 is 2.67 bits per heavy atom. The lowest BCUT2D eigenvalue weighted by Crippen LogP contribution is -2.08.